The summed E-state index contributed by atoms with van der Waals surface area (Å²) in [5.41, 5.74) is 8.79. The Labute approximate surface area is 491 Å². The van der Waals surface area contributed by atoms with Gasteiger partial charge in [-0.1, -0.05) is 45.6 Å². The first kappa shape index (κ1) is 55.6. The number of anilines is 2. The zero-order valence-corrected chi connectivity index (χ0v) is 49.7. The third-order valence-corrected chi connectivity index (χ3v) is 24.1. The van der Waals surface area contributed by atoms with Gasteiger partial charge in [0.05, 0.1) is 46.5 Å². The molecule has 2 N–H and O–H groups in total. The van der Waals surface area contributed by atoms with Gasteiger partial charge in [0.25, 0.3) is 11.8 Å². The molecule has 2 spiro atoms. The maximum atomic E-state index is 13.3. The van der Waals surface area contributed by atoms with Gasteiger partial charge in [0.2, 0.25) is 20.0 Å². The molecule has 4 aliphatic carbocycles. The average Bonchev–Trinajstić information content (AvgIpc) is 3.09. The van der Waals surface area contributed by atoms with E-state index in [1.807, 2.05) is 36.4 Å². The summed E-state index contributed by atoms with van der Waals surface area (Å²) >= 11 is 12.8. The zero-order valence-electron chi connectivity index (χ0n) is 46.5. The van der Waals surface area contributed by atoms with Gasteiger partial charge in [0, 0.05) is 82.9 Å². The molecule has 8 bridgehead atoms. The van der Waals surface area contributed by atoms with Gasteiger partial charge in [0.1, 0.15) is 23.7 Å². The van der Waals surface area contributed by atoms with E-state index in [9.17, 15) is 26.4 Å². The van der Waals surface area contributed by atoms with Crippen LogP contribution in [-0.4, -0.2) is 102 Å². The van der Waals surface area contributed by atoms with E-state index in [0.29, 0.717) is 73.7 Å². The van der Waals surface area contributed by atoms with Crippen LogP contribution in [0.15, 0.2) is 83.1 Å². The van der Waals surface area contributed by atoms with Crippen molar-refractivity contribution in [1.82, 2.24) is 9.44 Å². The predicted octanol–water partition coefficient (Wildman–Crippen LogP) is 10.5. The molecule has 6 heterocycles. The second-order valence-corrected chi connectivity index (χ2v) is 30.3. The summed E-state index contributed by atoms with van der Waals surface area (Å²) in [6, 6.07) is 23.0. The van der Waals surface area contributed by atoms with E-state index < -0.39 is 42.4 Å². The molecule has 82 heavy (non-hydrogen) atoms. The Bertz CT molecular complexity index is 3280. The van der Waals surface area contributed by atoms with Gasteiger partial charge >= 0.3 is 0 Å². The largest absolute Gasteiger partial charge is 0.490 e. The molecule has 10 atom stereocenters. The van der Waals surface area contributed by atoms with E-state index >= 15 is 0 Å². The maximum Gasteiger partial charge on any atom is 0.264 e. The van der Waals surface area contributed by atoms with Crippen molar-refractivity contribution in [3.63, 3.8) is 0 Å². The lowest BCUT2D eigenvalue weighted by atomic mass is 9.68. The molecule has 0 saturated heterocycles. The number of amides is 2. The number of nitrogens with zero attached hydrogens (tertiary/aromatic N) is 4. The molecule has 2 amide bonds. The topological polar surface area (TPSA) is 195 Å². The Hall–Kier alpha value is -5.56. The summed E-state index contributed by atoms with van der Waals surface area (Å²) in [5, 5.41) is 8.73. The van der Waals surface area contributed by atoms with Crippen molar-refractivity contribution in [2.24, 2.45) is 34.0 Å². The minimum Gasteiger partial charge on any atom is -0.490 e. The molecule has 16 nitrogen and oxygen atoms in total. The molecular formula is C62H72Cl2N6O10S2. The lowest BCUT2D eigenvalue weighted by molar-refractivity contribution is -0.0214. The number of sulfonamides is 2. The minimum atomic E-state index is -3.87. The van der Waals surface area contributed by atoms with Crippen LogP contribution < -0.4 is 28.7 Å². The second kappa shape index (κ2) is 21.8. The zero-order chi connectivity index (χ0) is 56.7. The number of hydrogen-bond acceptors (Lipinski definition) is 14. The molecule has 0 aromatic heterocycles. The minimum absolute atomic E-state index is 0.0313. The number of benzene rings is 4. The molecule has 6 aliphatic heterocycles. The van der Waals surface area contributed by atoms with Crippen LogP contribution in [0.4, 0.5) is 11.4 Å². The fourth-order valence-electron chi connectivity index (χ4n) is 15.0. The highest BCUT2D eigenvalue weighted by Crippen LogP contribution is 2.50. The Balaban J connectivity index is 0.000000154. The summed E-state index contributed by atoms with van der Waals surface area (Å²) in [5.74, 6) is 1.82. The smallest absolute Gasteiger partial charge is 0.264 e. The molecule has 0 unspecified atom stereocenters. The predicted molar refractivity (Wildman–Crippen MR) is 317 cm³/mol. The van der Waals surface area contributed by atoms with Crippen LogP contribution in [0.2, 0.25) is 10.0 Å². The van der Waals surface area contributed by atoms with Crippen molar-refractivity contribution < 1.29 is 45.6 Å². The van der Waals surface area contributed by atoms with E-state index in [1.54, 1.807) is 26.0 Å². The van der Waals surface area contributed by atoms with Gasteiger partial charge in [-0.15, -0.1) is 0 Å². The van der Waals surface area contributed by atoms with Crippen LogP contribution in [0.5, 0.6) is 11.5 Å². The number of carbonyl (C=O) groups is 2. The molecule has 2 fully saturated rings. The number of carbonyl (C=O) groups excluding carboxylic acids is 2. The van der Waals surface area contributed by atoms with E-state index in [4.69, 9.17) is 42.4 Å². The van der Waals surface area contributed by atoms with Crippen molar-refractivity contribution in [1.29, 1.82) is 0 Å². The number of ether oxygens (including phenoxy) is 2. The lowest BCUT2D eigenvalue weighted by Crippen LogP contribution is -2.49. The molecule has 4 aromatic carbocycles. The van der Waals surface area contributed by atoms with Gasteiger partial charge < -0.3 is 28.9 Å². The van der Waals surface area contributed by atoms with Crippen molar-refractivity contribution in [2.45, 2.75) is 150 Å². The first-order valence-electron chi connectivity index (χ1n) is 29.6. The first-order valence-corrected chi connectivity index (χ1v) is 33.4. The van der Waals surface area contributed by atoms with E-state index in [1.165, 1.54) is 22.3 Å². The van der Waals surface area contributed by atoms with Gasteiger partial charge in [-0.25, -0.2) is 26.3 Å². The van der Waals surface area contributed by atoms with Crippen LogP contribution in [0.25, 0.3) is 0 Å². The third-order valence-electron chi connectivity index (χ3n) is 20.1. The SMILES string of the molecule is C[C@@H]1CCC2=NO[C@@H](C2)[C@@H]2CC[C@H]2CN2C[C@@]3(CCCc4cc(Cl)ccc43)COc3ccc(cc32)C(=O)NS1(=O)=O.C[C@@H]1CCC2=NO[C@H](C2)[C@@H]2CC[C@H]2CN2C[C@@]3(CCCc4cc(Cl)ccc43)COc3ccc(cc32)C(=O)NS1(=O)=O. The first-order chi connectivity index (χ1) is 39.4. The number of fused-ring (bicyclic) bond motifs is 14. The summed E-state index contributed by atoms with van der Waals surface area (Å²) < 4.78 is 70.0. The van der Waals surface area contributed by atoms with Crippen molar-refractivity contribution in [3.05, 3.63) is 116 Å². The summed E-state index contributed by atoms with van der Waals surface area (Å²) in [4.78, 5) is 43.2. The number of nitrogens with one attached hydrogen (secondary N) is 2. The van der Waals surface area contributed by atoms with Crippen molar-refractivity contribution in [2.75, 3.05) is 49.2 Å². The Morgan fingerprint density at radius 2 is 1.00 bits per heavy atom. The molecular weight excluding hydrogens is 1120 g/mol. The fraction of sp³-hybridized carbons (Fsp3) is 0.548. The Morgan fingerprint density at radius 3 is 1.41 bits per heavy atom. The average molecular weight is 1200 g/mol. The Morgan fingerprint density at radius 1 is 0.561 bits per heavy atom. The highest BCUT2D eigenvalue weighted by atomic mass is 35.5. The molecule has 436 valence electrons. The normalized spacial score (nSPS) is 32.3. The summed E-state index contributed by atoms with van der Waals surface area (Å²) in [7, 11) is -7.73. The number of oxime groups is 2. The molecule has 20 heteroatoms. The molecule has 2 saturated carbocycles. The molecule has 10 aliphatic rings. The van der Waals surface area contributed by atoms with Crippen LogP contribution >= 0.6 is 23.2 Å². The van der Waals surface area contributed by atoms with Crippen molar-refractivity contribution in [3.8, 4) is 11.5 Å². The van der Waals surface area contributed by atoms with Crippen molar-refractivity contribution >= 4 is 77.9 Å². The van der Waals surface area contributed by atoms with Crippen LogP contribution in [0, 0.1) is 23.7 Å². The van der Waals surface area contributed by atoms with Crippen LogP contribution in [0.3, 0.4) is 0 Å². The van der Waals surface area contributed by atoms with Gasteiger partial charge in [-0.05, 0) is 198 Å². The highest BCUT2D eigenvalue weighted by molar-refractivity contribution is 7.91. The van der Waals surface area contributed by atoms with Gasteiger partial charge in [-0.2, -0.15) is 0 Å². The number of halogens is 2. The monoisotopic (exact) mass is 1190 g/mol. The number of aryl methyl sites for hydroxylation is 2. The molecule has 4 aromatic rings. The van der Waals surface area contributed by atoms with Crippen LogP contribution in [0.1, 0.15) is 147 Å². The second-order valence-electron chi connectivity index (χ2n) is 25.2. The molecule has 14 rings (SSSR count). The fourth-order valence-corrected chi connectivity index (χ4v) is 17.4. The maximum absolute atomic E-state index is 13.3. The summed E-state index contributed by atoms with van der Waals surface area (Å²) in [6.07, 6.45) is 13.9. The van der Waals surface area contributed by atoms with Crippen LogP contribution in [-0.2, 0) is 53.4 Å². The third kappa shape index (κ3) is 10.6. The standard InChI is InChI=1S/2C31H36ClN3O5S/c2*1-19-4-8-24-15-29(40-33-24)25-9-5-22(25)16-35-17-31(12-2-3-20-13-23(32)7-10-26(20)31)18-39-28-11-6-21(14-27(28)35)30(36)34-41(19,37)38/h2*6-7,10-11,13-14,19,22,25,29H,2-5,8-9,12,15-18H2,1H3,(H,34,36)/t19-,22+,25-,29+,31+;19-,22+,25-,29-,31+/m11/s1. The number of rotatable bonds is 0. The van der Waals surface area contributed by atoms with Gasteiger partial charge in [0.15, 0.2) is 0 Å². The quantitative estimate of drug-likeness (QED) is 0.169. The molecule has 0 radical (unpaired) electrons. The number of hydrogen-bond donors (Lipinski definition) is 2. The van der Waals surface area contributed by atoms with E-state index in [2.05, 4.69) is 53.8 Å². The van der Waals surface area contributed by atoms with E-state index in [0.717, 1.165) is 148 Å². The summed E-state index contributed by atoms with van der Waals surface area (Å²) in [6.45, 7) is 7.42. The Kier molecular flexibility index (Phi) is 14.8. The lowest BCUT2D eigenvalue weighted by Gasteiger charge is -2.45. The highest BCUT2D eigenvalue weighted by Gasteiger charge is 2.49. The van der Waals surface area contributed by atoms with E-state index in [-0.39, 0.29) is 23.0 Å². The van der Waals surface area contributed by atoms with Gasteiger partial charge in [-0.3, -0.25) is 9.59 Å².